The van der Waals surface area contributed by atoms with Crippen LogP contribution in [0.1, 0.15) is 62.3 Å². The van der Waals surface area contributed by atoms with E-state index in [4.69, 9.17) is 4.74 Å². The van der Waals surface area contributed by atoms with Crippen LogP contribution < -0.4 is 10.6 Å². The monoisotopic (exact) mass is 661 g/mol. The van der Waals surface area contributed by atoms with Gasteiger partial charge in [0.15, 0.2) is 0 Å². The van der Waals surface area contributed by atoms with Crippen LogP contribution in [-0.2, 0) is 27.8 Å². The summed E-state index contributed by atoms with van der Waals surface area (Å²) in [5, 5.41) is 20.7. The molecule has 49 heavy (non-hydrogen) atoms. The first-order valence-electron chi connectivity index (χ1n) is 16.5. The van der Waals surface area contributed by atoms with E-state index in [2.05, 4.69) is 27.6 Å². The number of aromatic hydroxyl groups is 1. The number of likely N-dealkylation sites (tertiary alicyclic amines) is 1. The van der Waals surface area contributed by atoms with Crippen molar-refractivity contribution in [2.75, 3.05) is 11.9 Å². The van der Waals surface area contributed by atoms with Crippen LogP contribution in [0.15, 0.2) is 79.0 Å². The van der Waals surface area contributed by atoms with Crippen LogP contribution in [0, 0.1) is 18.8 Å². The van der Waals surface area contributed by atoms with Crippen molar-refractivity contribution < 1.29 is 24.2 Å². The number of nitrogens with one attached hydrogen (secondary N) is 2. The number of carbonyl (C=O) groups is 3. The van der Waals surface area contributed by atoms with Gasteiger partial charge in [-0.25, -0.2) is 4.79 Å². The molecule has 0 unspecified atom stereocenters. The molecular formula is C39H43N5O5. The van der Waals surface area contributed by atoms with Gasteiger partial charge in [0.2, 0.25) is 11.8 Å². The van der Waals surface area contributed by atoms with Gasteiger partial charge in [-0.3, -0.25) is 14.3 Å². The third-order valence-corrected chi connectivity index (χ3v) is 8.09. The number of carbonyl (C=O) groups excluding carboxylic acids is 3. The van der Waals surface area contributed by atoms with Crippen molar-refractivity contribution in [3.63, 3.8) is 0 Å². The molecule has 0 bridgehead atoms. The Morgan fingerprint density at radius 3 is 2.47 bits per heavy atom. The van der Waals surface area contributed by atoms with E-state index in [9.17, 15) is 19.5 Å². The highest BCUT2D eigenvalue weighted by atomic mass is 16.6. The minimum Gasteiger partial charge on any atom is -0.507 e. The zero-order chi connectivity index (χ0) is 35.1. The molecule has 10 nitrogen and oxygen atoms in total. The molecule has 0 spiro atoms. The van der Waals surface area contributed by atoms with Crippen molar-refractivity contribution in [1.82, 2.24) is 20.0 Å². The highest BCUT2D eigenvalue weighted by Crippen LogP contribution is 2.31. The summed E-state index contributed by atoms with van der Waals surface area (Å²) in [5.74, 6) is 5.84. The second-order valence-electron chi connectivity index (χ2n) is 13.3. The zero-order valence-electron chi connectivity index (χ0n) is 28.6. The number of anilines is 1. The number of hydrogen-bond acceptors (Lipinski definition) is 6. The third-order valence-electron chi connectivity index (χ3n) is 8.09. The Balaban J connectivity index is 1.29. The lowest BCUT2D eigenvalue weighted by Gasteiger charge is -2.37. The van der Waals surface area contributed by atoms with Crippen molar-refractivity contribution in [3.8, 4) is 28.8 Å². The lowest BCUT2D eigenvalue weighted by Crippen LogP contribution is -2.57. The predicted molar refractivity (Wildman–Crippen MR) is 189 cm³/mol. The lowest BCUT2D eigenvalue weighted by molar-refractivity contribution is -0.142. The number of ether oxygens (including phenoxy) is 1. The number of alkyl carbamates (subject to hydrolysis) is 1. The summed E-state index contributed by atoms with van der Waals surface area (Å²) in [4.78, 5) is 42.0. The first kappa shape index (κ1) is 34.8. The Morgan fingerprint density at radius 2 is 1.76 bits per heavy atom. The molecule has 3 aromatic carbocycles. The number of aryl methyl sites for hydroxylation is 2. The van der Waals surface area contributed by atoms with Crippen molar-refractivity contribution in [2.24, 2.45) is 7.05 Å². The largest absolute Gasteiger partial charge is 0.507 e. The average molecular weight is 662 g/mol. The van der Waals surface area contributed by atoms with E-state index in [0.29, 0.717) is 35.5 Å². The van der Waals surface area contributed by atoms with E-state index in [1.165, 1.54) is 0 Å². The smallest absolute Gasteiger partial charge is 0.408 e. The number of benzene rings is 3. The van der Waals surface area contributed by atoms with Gasteiger partial charge in [0.25, 0.3) is 0 Å². The van der Waals surface area contributed by atoms with Crippen molar-refractivity contribution in [1.29, 1.82) is 0 Å². The maximum Gasteiger partial charge on any atom is 0.408 e. The molecule has 5 rings (SSSR count). The molecule has 0 saturated carbocycles. The van der Waals surface area contributed by atoms with Crippen molar-refractivity contribution in [2.45, 2.75) is 71.1 Å². The molecule has 1 aliphatic heterocycles. The van der Waals surface area contributed by atoms with E-state index < -0.39 is 23.8 Å². The molecule has 2 atom stereocenters. The summed E-state index contributed by atoms with van der Waals surface area (Å²) in [6, 6.07) is 20.4. The fourth-order valence-electron chi connectivity index (χ4n) is 5.79. The summed E-state index contributed by atoms with van der Waals surface area (Å²) < 4.78 is 7.12. The van der Waals surface area contributed by atoms with Crippen LogP contribution >= 0.6 is 0 Å². The SMILES string of the molecule is Cc1ccc(O)c(-c2nn(C)cc2C#Cc2ccc(NC(=O)[C@@H]3CCCCN3C(=O)[C@H](Cc3ccccc3)NC(=O)OC(C)(C)C)cc2)c1. The van der Waals surface area contributed by atoms with Crippen LogP contribution in [0.25, 0.3) is 11.3 Å². The molecule has 10 heteroatoms. The fraction of sp³-hybridized carbons (Fsp3) is 0.333. The number of piperidine rings is 1. The molecule has 4 aromatic rings. The Labute approximate surface area is 287 Å². The normalized spacial score (nSPS) is 15.0. The van der Waals surface area contributed by atoms with E-state index >= 15 is 0 Å². The second kappa shape index (κ2) is 15.1. The molecule has 0 radical (unpaired) electrons. The van der Waals surface area contributed by atoms with Crippen LogP contribution in [0.4, 0.5) is 10.5 Å². The molecule has 3 N–H and O–H groups in total. The van der Waals surface area contributed by atoms with Gasteiger partial charge in [0.1, 0.15) is 29.1 Å². The Bertz CT molecular complexity index is 1870. The quantitative estimate of drug-likeness (QED) is 0.210. The number of rotatable bonds is 7. The maximum absolute atomic E-state index is 14.0. The number of hydrogen-bond donors (Lipinski definition) is 3. The second-order valence-corrected chi connectivity index (χ2v) is 13.3. The minimum absolute atomic E-state index is 0.136. The molecule has 3 amide bonds. The molecule has 0 aliphatic carbocycles. The number of amides is 3. The summed E-state index contributed by atoms with van der Waals surface area (Å²) in [7, 11) is 1.81. The highest BCUT2D eigenvalue weighted by Gasteiger charge is 2.37. The standard InChI is InChI=1S/C39H43N5O5/c1-26-14-21-34(45)31(23-26)35-29(25-43(5)42-35)18-15-27-16-19-30(20-17-27)40-36(46)33-13-9-10-22-44(33)37(47)32(24-28-11-7-6-8-12-28)41-38(48)49-39(2,3)4/h6-8,11-12,14,16-17,19-21,23,25,32-33,45H,9-10,13,22,24H2,1-5H3,(H,40,46)(H,41,48)/t32-,33-/m0/s1. The number of nitrogens with zero attached hydrogens (tertiary/aromatic N) is 3. The molecule has 2 heterocycles. The van der Waals surface area contributed by atoms with Gasteiger partial charge in [0.05, 0.1) is 5.56 Å². The number of phenols is 1. The Kier molecular flexibility index (Phi) is 10.7. The van der Waals surface area contributed by atoms with Gasteiger partial charge in [-0.1, -0.05) is 53.8 Å². The first-order valence-corrected chi connectivity index (χ1v) is 16.5. The topological polar surface area (TPSA) is 126 Å². The molecule has 1 saturated heterocycles. The third kappa shape index (κ3) is 9.29. The summed E-state index contributed by atoms with van der Waals surface area (Å²) >= 11 is 0. The van der Waals surface area contributed by atoms with E-state index in [0.717, 1.165) is 29.5 Å². The zero-order valence-corrected chi connectivity index (χ0v) is 28.6. The van der Waals surface area contributed by atoms with Crippen LogP contribution in [-0.4, -0.2) is 61.9 Å². The van der Waals surface area contributed by atoms with Gasteiger partial charge in [-0.15, -0.1) is 0 Å². The summed E-state index contributed by atoms with van der Waals surface area (Å²) in [5.41, 5.74) is 4.34. The predicted octanol–water partition coefficient (Wildman–Crippen LogP) is 5.96. The van der Waals surface area contributed by atoms with E-state index in [1.54, 1.807) is 55.6 Å². The van der Waals surface area contributed by atoms with Gasteiger partial charge in [-0.2, -0.15) is 5.10 Å². The molecule has 1 aromatic heterocycles. The van der Waals surface area contributed by atoms with E-state index in [-0.39, 0.29) is 24.0 Å². The van der Waals surface area contributed by atoms with Crippen molar-refractivity contribution >= 4 is 23.6 Å². The van der Waals surface area contributed by atoms with Gasteiger partial charge in [0, 0.05) is 43.0 Å². The molecule has 1 fully saturated rings. The fourth-order valence-corrected chi connectivity index (χ4v) is 5.79. The Morgan fingerprint density at radius 1 is 1.02 bits per heavy atom. The lowest BCUT2D eigenvalue weighted by atomic mass is 9.98. The first-order chi connectivity index (χ1) is 23.4. The van der Waals surface area contributed by atoms with E-state index in [1.807, 2.05) is 67.7 Å². The summed E-state index contributed by atoms with van der Waals surface area (Å²) in [6.07, 6.45) is 3.46. The number of phenolic OH excluding ortho intramolecular Hbond substituents is 1. The van der Waals surface area contributed by atoms with Crippen LogP contribution in [0.3, 0.4) is 0 Å². The molecule has 254 valence electrons. The van der Waals surface area contributed by atoms with Crippen molar-refractivity contribution in [3.05, 3.63) is 101 Å². The molecular weight excluding hydrogens is 618 g/mol. The average Bonchev–Trinajstić information content (AvgIpc) is 3.44. The van der Waals surface area contributed by atoms with Gasteiger partial charge >= 0.3 is 6.09 Å². The summed E-state index contributed by atoms with van der Waals surface area (Å²) in [6.45, 7) is 7.65. The maximum atomic E-state index is 14.0. The number of aromatic nitrogens is 2. The Hall–Kier alpha value is -5.56. The highest BCUT2D eigenvalue weighted by molar-refractivity contribution is 5.98. The van der Waals surface area contributed by atoms with Gasteiger partial charge < -0.3 is 25.4 Å². The minimum atomic E-state index is -0.904. The molecule has 1 aliphatic rings. The van der Waals surface area contributed by atoms with Crippen LogP contribution in [0.5, 0.6) is 5.75 Å². The van der Waals surface area contributed by atoms with Crippen LogP contribution in [0.2, 0.25) is 0 Å². The van der Waals surface area contributed by atoms with Gasteiger partial charge in [-0.05, 0) is 88.9 Å².